The SMILES string of the molecule is CP(=O)(COc1ccc2c(c1)CCNC2)Oc1ccccc1. The minimum absolute atomic E-state index is 0.0684. The van der Waals surface area contributed by atoms with E-state index in [0.29, 0.717) is 5.75 Å². The number of hydrogen-bond acceptors (Lipinski definition) is 4. The molecule has 0 bridgehead atoms. The van der Waals surface area contributed by atoms with Crippen molar-refractivity contribution in [2.45, 2.75) is 13.0 Å². The fourth-order valence-corrected chi connectivity index (χ4v) is 3.47. The number of hydrogen-bond donors (Lipinski definition) is 1. The average molecular weight is 317 g/mol. The molecular formula is C17H20NO3P. The van der Waals surface area contributed by atoms with Crippen LogP contribution in [0.3, 0.4) is 0 Å². The van der Waals surface area contributed by atoms with Gasteiger partial charge in [0.25, 0.3) is 7.37 Å². The molecule has 22 heavy (non-hydrogen) atoms. The van der Waals surface area contributed by atoms with Gasteiger partial charge >= 0.3 is 0 Å². The van der Waals surface area contributed by atoms with Crippen molar-refractivity contribution in [1.82, 2.24) is 5.32 Å². The van der Waals surface area contributed by atoms with Crippen LogP contribution >= 0.6 is 7.37 Å². The van der Waals surface area contributed by atoms with Gasteiger partial charge in [-0.2, -0.15) is 0 Å². The molecule has 1 aliphatic heterocycles. The normalized spacial score (nSPS) is 16.4. The summed E-state index contributed by atoms with van der Waals surface area (Å²) >= 11 is 0. The first-order valence-electron chi connectivity index (χ1n) is 7.39. The van der Waals surface area contributed by atoms with E-state index in [0.717, 1.165) is 25.3 Å². The van der Waals surface area contributed by atoms with E-state index in [1.807, 2.05) is 30.3 Å². The molecule has 1 N–H and O–H groups in total. The first kappa shape index (κ1) is 15.1. The Morgan fingerprint density at radius 1 is 1.09 bits per heavy atom. The highest BCUT2D eigenvalue weighted by Crippen LogP contribution is 2.43. The summed E-state index contributed by atoms with van der Waals surface area (Å²) < 4.78 is 23.7. The van der Waals surface area contributed by atoms with E-state index < -0.39 is 7.37 Å². The lowest BCUT2D eigenvalue weighted by atomic mass is 10.0. The molecule has 0 aliphatic carbocycles. The molecule has 0 radical (unpaired) electrons. The van der Waals surface area contributed by atoms with E-state index in [1.54, 1.807) is 18.8 Å². The molecule has 3 rings (SSSR count). The van der Waals surface area contributed by atoms with Gasteiger partial charge < -0.3 is 14.6 Å². The maximum atomic E-state index is 12.5. The van der Waals surface area contributed by atoms with E-state index in [9.17, 15) is 4.57 Å². The molecule has 2 aromatic rings. The van der Waals surface area contributed by atoms with Gasteiger partial charge in [0.2, 0.25) is 0 Å². The molecule has 1 heterocycles. The molecule has 0 saturated carbocycles. The molecule has 0 amide bonds. The third kappa shape index (κ3) is 3.90. The fourth-order valence-electron chi connectivity index (χ4n) is 2.47. The molecule has 1 unspecified atom stereocenters. The third-order valence-electron chi connectivity index (χ3n) is 3.57. The van der Waals surface area contributed by atoms with Crippen LogP contribution in [0.1, 0.15) is 11.1 Å². The summed E-state index contributed by atoms with van der Waals surface area (Å²) in [6.07, 6.45) is 1.07. The van der Waals surface area contributed by atoms with Crippen molar-refractivity contribution in [3.8, 4) is 11.5 Å². The van der Waals surface area contributed by atoms with Gasteiger partial charge in [-0.05, 0) is 48.4 Å². The van der Waals surface area contributed by atoms with E-state index in [2.05, 4.69) is 11.4 Å². The zero-order valence-electron chi connectivity index (χ0n) is 12.6. The second-order valence-electron chi connectivity index (χ2n) is 5.55. The number of para-hydroxylation sites is 1. The molecule has 1 atom stereocenters. The maximum Gasteiger partial charge on any atom is 0.281 e. The highest BCUT2D eigenvalue weighted by atomic mass is 31.2. The molecule has 0 aromatic heterocycles. The van der Waals surface area contributed by atoms with E-state index in [1.165, 1.54) is 11.1 Å². The van der Waals surface area contributed by atoms with Crippen molar-refractivity contribution in [3.05, 3.63) is 59.7 Å². The van der Waals surface area contributed by atoms with Crippen molar-refractivity contribution >= 4 is 7.37 Å². The number of ether oxygens (including phenoxy) is 1. The average Bonchev–Trinajstić information content (AvgIpc) is 2.53. The Kier molecular flexibility index (Phi) is 4.51. The van der Waals surface area contributed by atoms with Gasteiger partial charge in [-0.3, -0.25) is 4.57 Å². The van der Waals surface area contributed by atoms with Crippen LogP contribution in [-0.2, 0) is 17.5 Å². The second-order valence-corrected chi connectivity index (χ2v) is 8.02. The zero-order chi connectivity index (χ0) is 15.4. The van der Waals surface area contributed by atoms with Crippen LogP contribution in [0, 0.1) is 0 Å². The van der Waals surface area contributed by atoms with Crippen LogP contribution in [0.15, 0.2) is 48.5 Å². The number of nitrogens with one attached hydrogen (secondary N) is 1. The molecule has 0 saturated heterocycles. The summed E-state index contributed by atoms with van der Waals surface area (Å²) in [6, 6.07) is 15.2. The fraction of sp³-hybridized carbons (Fsp3) is 0.294. The predicted octanol–water partition coefficient (Wildman–Crippen LogP) is 3.66. The molecule has 1 aliphatic rings. The van der Waals surface area contributed by atoms with Gasteiger partial charge in [-0.25, -0.2) is 0 Å². The van der Waals surface area contributed by atoms with Crippen LogP contribution < -0.4 is 14.6 Å². The molecule has 4 nitrogen and oxygen atoms in total. The number of rotatable bonds is 5. The van der Waals surface area contributed by atoms with Crippen LogP contribution in [0.5, 0.6) is 11.5 Å². The second kappa shape index (κ2) is 6.55. The molecule has 0 fully saturated rings. The topological polar surface area (TPSA) is 47.6 Å². The summed E-state index contributed by atoms with van der Waals surface area (Å²) in [6.45, 7) is 3.49. The Labute approximate surface area is 130 Å². The summed E-state index contributed by atoms with van der Waals surface area (Å²) in [7, 11) is -2.84. The van der Waals surface area contributed by atoms with Gasteiger partial charge in [0.05, 0.1) is 0 Å². The number of benzene rings is 2. The van der Waals surface area contributed by atoms with Crippen molar-refractivity contribution in [2.75, 3.05) is 19.6 Å². The Morgan fingerprint density at radius 2 is 1.91 bits per heavy atom. The Bertz CT molecular complexity index is 688. The van der Waals surface area contributed by atoms with Gasteiger partial charge in [0.15, 0.2) is 6.35 Å². The van der Waals surface area contributed by atoms with E-state index in [4.69, 9.17) is 9.26 Å². The van der Waals surface area contributed by atoms with Crippen LogP contribution in [0.2, 0.25) is 0 Å². The van der Waals surface area contributed by atoms with Gasteiger partial charge in [0, 0.05) is 13.2 Å². The van der Waals surface area contributed by atoms with Crippen molar-refractivity contribution in [1.29, 1.82) is 0 Å². The predicted molar refractivity (Wildman–Crippen MR) is 87.9 cm³/mol. The smallest absolute Gasteiger partial charge is 0.281 e. The largest absolute Gasteiger partial charge is 0.482 e. The minimum Gasteiger partial charge on any atom is -0.482 e. The summed E-state index contributed by atoms with van der Waals surface area (Å²) in [4.78, 5) is 0. The Morgan fingerprint density at radius 3 is 2.73 bits per heavy atom. The van der Waals surface area contributed by atoms with Gasteiger partial charge in [-0.1, -0.05) is 24.3 Å². The van der Waals surface area contributed by atoms with Crippen molar-refractivity contribution in [3.63, 3.8) is 0 Å². The lowest BCUT2D eigenvalue weighted by Crippen LogP contribution is -2.23. The highest BCUT2D eigenvalue weighted by molar-refractivity contribution is 7.58. The monoisotopic (exact) mass is 317 g/mol. The maximum absolute atomic E-state index is 12.5. The lowest BCUT2D eigenvalue weighted by molar-refractivity contribution is 0.354. The first-order valence-corrected chi connectivity index (χ1v) is 9.65. The van der Waals surface area contributed by atoms with Crippen LogP contribution in [0.4, 0.5) is 0 Å². The third-order valence-corrected chi connectivity index (χ3v) is 4.77. The Hall–Kier alpha value is -1.77. The van der Waals surface area contributed by atoms with E-state index in [-0.39, 0.29) is 6.35 Å². The van der Waals surface area contributed by atoms with E-state index >= 15 is 0 Å². The summed E-state index contributed by atoms with van der Waals surface area (Å²) in [5.74, 6) is 1.35. The Balaban J connectivity index is 1.63. The van der Waals surface area contributed by atoms with Crippen LogP contribution in [0.25, 0.3) is 0 Å². The van der Waals surface area contributed by atoms with Crippen molar-refractivity contribution in [2.24, 2.45) is 0 Å². The van der Waals surface area contributed by atoms with Crippen molar-refractivity contribution < 1.29 is 13.8 Å². The number of fused-ring (bicyclic) bond motifs is 1. The first-order chi connectivity index (χ1) is 10.6. The quantitative estimate of drug-likeness (QED) is 0.855. The molecule has 5 heteroatoms. The lowest BCUT2D eigenvalue weighted by Gasteiger charge is -2.19. The van der Waals surface area contributed by atoms with Gasteiger partial charge in [0.1, 0.15) is 11.5 Å². The minimum atomic E-state index is -2.84. The molecule has 116 valence electrons. The van der Waals surface area contributed by atoms with Crippen LogP contribution in [-0.4, -0.2) is 19.6 Å². The molecule has 0 spiro atoms. The summed E-state index contributed by atoms with van der Waals surface area (Å²) in [5, 5.41) is 3.34. The van der Waals surface area contributed by atoms with Gasteiger partial charge in [-0.15, -0.1) is 0 Å². The highest BCUT2D eigenvalue weighted by Gasteiger charge is 2.19. The summed E-state index contributed by atoms with van der Waals surface area (Å²) in [5.41, 5.74) is 2.60. The molecule has 2 aromatic carbocycles. The molecular weight excluding hydrogens is 297 g/mol. The zero-order valence-corrected chi connectivity index (χ0v) is 13.5. The standard InChI is InChI=1S/C17H20NO3P/c1-22(19,21-16-5-3-2-4-6-16)13-20-17-8-7-15-12-18-10-9-14(15)11-17/h2-8,11,18H,9-10,12-13H2,1H3.